The molecule has 1 saturated heterocycles. The monoisotopic (exact) mass is 377 g/mol. The number of hydrogen-bond acceptors (Lipinski definition) is 5. The number of aromatic nitrogens is 3. The molecule has 1 amide bonds. The molecule has 4 aromatic rings. The smallest absolute Gasteiger partial charge is 0.282 e. The first-order valence-electron chi connectivity index (χ1n) is 9.06. The summed E-state index contributed by atoms with van der Waals surface area (Å²) in [4.78, 5) is 26.1. The first-order chi connectivity index (χ1) is 13.3. The van der Waals surface area contributed by atoms with Gasteiger partial charge in [0, 0.05) is 38.9 Å². The molecule has 6 nitrogen and oxygen atoms in total. The van der Waals surface area contributed by atoms with Crippen molar-refractivity contribution in [3.05, 3.63) is 65.6 Å². The fraction of sp³-hybridized carbons (Fsp3) is 0.250. The van der Waals surface area contributed by atoms with Gasteiger partial charge in [-0.2, -0.15) is 0 Å². The van der Waals surface area contributed by atoms with Gasteiger partial charge in [-0.3, -0.25) is 9.69 Å². The molecular formula is C20H19N5OS. The Hall–Kier alpha value is -2.77. The molecule has 0 aliphatic carbocycles. The number of benzene rings is 1. The number of nitrogens with zero attached hydrogens (tertiary/aromatic N) is 5. The predicted octanol–water partition coefficient (Wildman–Crippen LogP) is 2.90. The van der Waals surface area contributed by atoms with Crippen LogP contribution in [-0.4, -0.2) is 56.3 Å². The molecular weight excluding hydrogens is 358 g/mol. The third kappa shape index (κ3) is 3.09. The van der Waals surface area contributed by atoms with E-state index in [9.17, 15) is 4.79 Å². The third-order valence-corrected chi connectivity index (χ3v) is 6.04. The van der Waals surface area contributed by atoms with Crippen LogP contribution in [0.5, 0.6) is 0 Å². The van der Waals surface area contributed by atoms with E-state index < -0.39 is 0 Å². The quantitative estimate of drug-likeness (QED) is 0.551. The van der Waals surface area contributed by atoms with E-state index in [1.807, 2.05) is 59.8 Å². The van der Waals surface area contributed by atoms with Crippen LogP contribution in [0.25, 0.3) is 15.9 Å². The summed E-state index contributed by atoms with van der Waals surface area (Å²) in [5.41, 5.74) is 3.05. The Morgan fingerprint density at radius 1 is 1.04 bits per heavy atom. The first kappa shape index (κ1) is 16.4. The van der Waals surface area contributed by atoms with Crippen molar-refractivity contribution in [2.75, 3.05) is 26.2 Å². The zero-order valence-electron chi connectivity index (χ0n) is 14.8. The second-order valence-electron chi connectivity index (χ2n) is 6.73. The number of pyridine rings is 1. The predicted molar refractivity (Wildman–Crippen MR) is 106 cm³/mol. The molecule has 136 valence electrons. The van der Waals surface area contributed by atoms with Crippen molar-refractivity contribution in [3.63, 3.8) is 0 Å². The van der Waals surface area contributed by atoms with Gasteiger partial charge >= 0.3 is 0 Å². The Bertz CT molecular complexity index is 1080. The number of thiazole rings is 1. The Kier molecular flexibility index (Phi) is 4.10. The van der Waals surface area contributed by atoms with E-state index in [4.69, 9.17) is 0 Å². The van der Waals surface area contributed by atoms with Gasteiger partial charge in [0.1, 0.15) is 5.65 Å². The Balaban J connectivity index is 1.25. The van der Waals surface area contributed by atoms with Crippen molar-refractivity contribution >= 4 is 33.1 Å². The van der Waals surface area contributed by atoms with E-state index in [0.29, 0.717) is 5.01 Å². The number of para-hydroxylation sites is 1. The maximum absolute atomic E-state index is 12.8. The van der Waals surface area contributed by atoms with Crippen LogP contribution >= 0.6 is 11.3 Å². The lowest BCUT2D eigenvalue weighted by molar-refractivity contribution is 0.0626. The summed E-state index contributed by atoms with van der Waals surface area (Å²) in [5.74, 6) is 0.0469. The van der Waals surface area contributed by atoms with Crippen LogP contribution < -0.4 is 0 Å². The molecule has 1 aliphatic heterocycles. The van der Waals surface area contributed by atoms with E-state index in [1.54, 1.807) is 0 Å². The molecule has 0 radical (unpaired) electrons. The van der Waals surface area contributed by atoms with Crippen molar-refractivity contribution in [2.24, 2.45) is 0 Å². The number of piperazine rings is 1. The molecule has 4 heterocycles. The molecule has 3 aromatic heterocycles. The summed E-state index contributed by atoms with van der Waals surface area (Å²) in [6.07, 6.45) is 3.98. The minimum Gasteiger partial charge on any atom is -0.334 e. The zero-order valence-corrected chi connectivity index (χ0v) is 15.6. The molecule has 7 heteroatoms. The van der Waals surface area contributed by atoms with E-state index in [1.165, 1.54) is 17.0 Å². The maximum Gasteiger partial charge on any atom is 0.282 e. The molecule has 0 N–H and O–H groups in total. The molecule has 1 aliphatic rings. The van der Waals surface area contributed by atoms with E-state index in [2.05, 4.69) is 19.3 Å². The number of carbonyl (C=O) groups excluding carboxylic acids is 1. The highest BCUT2D eigenvalue weighted by atomic mass is 32.1. The van der Waals surface area contributed by atoms with Gasteiger partial charge in [-0.15, -0.1) is 11.3 Å². The van der Waals surface area contributed by atoms with Gasteiger partial charge in [-0.05, 0) is 24.3 Å². The molecule has 0 saturated carbocycles. The molecule has 5 rings (SSSR count). The average Bonchev–Trinajstić information content (AvgIpc) is 3.32. The number of amides is 1. The topological polar surface area (TPSA) is 53.7 Å². The highest BCUT2D eigenvalue weighted by Crippen LogP contribution is 2.23. The van der Waals surface area contributed by atoms with Gasteiger partial charge in [0.05, 0.1) is 22.1 Å². The van der Waals surface area contributed by atoms with E-state index in [0.717, 1.165) is 48.6 Å². The highest BCUT2D eigenvalue weighted by molar-refractivity contribution is 7.20. The largest absolute Gasteiger partial charge is 0.334 e. The standard InChI is InChI=1S/C20H19N5OS/c26-20(19-22-16-5-1-2-6-17(16)27-19)24-11-9-23(10-12-24)14-15-13-21-18-7-3-4-8-25(15)18/h1-8,13H,9-12,14H2. The number of hydrogen-bond donors (Lipinski definition) is 0. The number of rotatable bonds is 3. The summed E-state index contributed by atoms with van der Waals surface area (Å²) < 4.78 is 3.19. The number of carbonyl (C=O) groups is 1. The van der Waals surface area contributed by atoms with Gasteiger partial charge in [0.25, 0.3) is 5.91 Å². The molecule has 0 unspecified atom stereocenters. The van der Waals surface area contributed by atoms with E-state index >= 15 is 0 Å². The van der Waals surface area contributed by atoms with Gasteiger partial charge < -0.3 is 9.30 Å². The fourth-order valence-corrected chi connectivity index (χ4v) is 4.47. The zero-order chi connectivity index (χ0) is 18.2. The number of fused-ring (bicyclic) bond motifs is 2. The average molecular weight is 377 g/mol. The van der Waals surface area contributed by atoms with Gasteiger partial charge in [-0.1, -0.05) is 18.2 Å². The highest BCUT2D eigenvalue weighted by Gasteiger charge is 2.24. The van der Waals surface area contributed by atoms with Crippen LogP contribution in [-0.2, 0) is 6.54 Å². The van der Waals surface area contributed by atoms with Crippen molar-refractivity contribution in [2.45, 2.75) is 6.54 Å². The molecule has 0 atom stereocenters. The normalized spacial score (nSPS) is 15.6. The Morgan fingerprint density at radius 2 is 1.85 bits per heavy atom. The molecule has 1 fully saturated rings. The maximum atomic E-state index is 12.8. The summed E-state index contributed by atoms with van der Waals surface area (Å²) in [6.45, 7) is 4.01. The molecule has 0 bridgehead atoms. The van der Waals surface area contributed by atoms with Gasteiger partial charge in [-0.25, -0.2) is 9.97 Å². The lowest BCUT2D eigenvalue weighted by atomic mass is 10.3. The van der Waals surface area contributed by atoms with E-state index in [-0.39, 0.29) is 5.91 Å². The van der Waals surface area contributed by atoms with Crippen molar-refractivity contribution in [1.29, 1.82) is 0 Å². The van der Waals surface area contributed by atoms with Crippen LogP contribution in [0.15, 0.2) is 54.9 Å². The van der Waals surface area contributed by atoms with Crippen LogP contribution in [0.3, 0.4) is 0 Å². The lowest BCUT2D eigenvalue weighted by Crippen LogP contribution is -2.48. The lowest BCUT2D eigenvalue weighted by Gasteiger charge is -2.34. The second-order valence-corrected chi connectivity index (χ2v) is 7.76. The van der Waals surface area contributed by atoms with Crippen molar-refractivity contribution in [3.8, 4) is 0 Å². The van der Waals surface area contributed by atoms with Crippen LogP contribution in [0, 0.1) is 0 Å². The second kappa shape index (κ2) is 6.75. The van der Waals surface area contributed by atoms with Crippen molar-refractivity contribution in [1.82, 2.24) is 24.2 Å². The minimum absolute atomic E-state index is 0.0469. The van der Waals surface area contributed by atoms with Gasteiger partial charge in [0.2, 0.25) is 0 Å². The molecule has 1 aromatic carbocycles. The van der Waals surface area contributed by atoms with Crippen LogP contribution in [0.1, 0.15) is 15.5 Å². The molecule has 27 heavy (non-hydrogen) atoms. The Morgan fingerprint density at radius 3 is 2.70 bits per heavy atom. The first-order valence-corrected chi connectivity index (χ1v) is 9.88. The van der Waals surface area contributed by atoms with Crippen LogP contribution in [0.4, 0.5) is 0 Å². The minimum atomic E-state index is 0.0469. The summed E-state index contributed by atoms with van der Waals surface area (Å²) in [5, 5.41) is 0.589. The molecule has 0 spiro atoms. The van der Waals surface area contributed by atoms with Crippen molar-refractivity contribution < 1.29 is 4.79 Å². The third-order valence-electron chi connectivity index (χ3n) is 5.02. The summed E-state index contributed by atoms with van der Waals surface area (Å²) >= 11 is 1.48. The van der Waals surface area contributed by atoms with Crippen LogP contribution in [0.2, 0.25) is 0 Å². The summed E-state index contributed by atoms with van der Waals surface area (Å²) in [6, 6.07) is 13.9. The number of imidazole rings is 1. The summed E-state index contributed by atoms with van der Waals surface area (Å²) in [7, 11) is 0. The fourth-order valence-electron chi connectivity index (χ4n) is 3.54. The Labute approximate surface area is 160 Å². The van der Waals surface area contributed by atoms with Gasteiger partial charge in [0.15, 0.2) is 5.01 Å². The SMILES string of the molecule is O=C(c1nc2ccccc2s1)N1CCN(Cc2cnc3ccccn23)CC1.